The van der Waals surface area contributed by atoms with Crippen molar-refractivity contribution in [1.82, 2.24) is 0 Å². The molecule has 0 aliphatic carbocycles. The van der Waals surface area contributed by atoms with Gasteiger partial charge in [0.2, 0.25) is 0 Å². The average molecular weight is 464 g/mol. The van der Waals surface area contributed by atoms with Crippen LogP contribution in [0, 0.1) is 0 Å². The van der Waals surface area contributed by atoms with Crippen LogP contribution in [-0.4, -0.2) is 24.6 Å². The molecule has 168 valence electrons. The van der Waals surface area contributed by atoms with E-state index in [0.717, 1.165) is 10.9 Å². The summed E-state index contributed by atoms with van der Waals surface area (Å²) in [6, 6.07) is 17.4. The third-order valence-corrected chi connectivity index (χ3v) is 5.76. The van der Waals surface area contributed by atoms with E-state index < -0.39 is 23.6 Å². The van der Waals surface area contributed by atoms with Gasteiger partial charge in [0.05, 0.1) is 6.61 Å². The van der Waals surface area contributed by atoms with E-state index in [0.29, 0.717) is 27.5 Å². The zero-order chi connectivity index (χ0) is 23.4. The lowest BCUT2D eigenvalue weighted by atomic mass is 10.0. The number of hydrogen-bond donors (Lipinski definition) is 1. The van der Waals surface area contributed by atoms with Crippen molar-refractivity contribution in [2.75, 3.05) is 11.9 Å². The number of amides is 1. The summed E-state index contributed by atoms with van der Waals surface area (Å²) in [5, 5.41) is 5.73. The summed E-state index contributed by atoms with van der Waals surface area (Å²) in [6.07, 6.45) is -0.879. The first-order valence-corrected chi connectivity index (χ1v) is 11.2. The summed E-state index contributed by atoms with van der Waals surface area (Å²) < 4.78 is 16.1. The van der Waals surface area contributed by atoms with E-state index in [4.69, 9.17) is 13.9 Å². The van der Waals surface area contributed by atoms with Gasteiger partial charge < -0.3 is 19.2 Å². The molecule has 0 aliphatic rings. The molecule has 2 aromatic carbocycles. The lowest BCUT2D eigenvalue weighted by molar-refractivity contribution is -0.122. The molecule has 0 aliphatic heterocycles. The topological polar surface area (TPSA) is 94.8 Å². The van der Waals surface area contributed by atoms with E-state index in [1.807, 2.05) is 35.7 Å². The Morgan fingerprint density at radius 3 is 2.61 bits per heavy atom. The summed E-state index contributed by atoms with van der Waals surface area (Å²) in [5.74, 6) is -0.566. The Morgan fingerprint density at radius 1 is 1.09 bits per heavy atom. The minimum atomic E-state index is -0.879. The van der Waals surface area contributed by atoms with Gasteiger partial charge in [-0.25, -0.2) is 9.59 Å². The smallest absolute Gasteiger partial charge is 0.341 e. The van der Waals surface area contributed by atoms with Crippen molar-refractivity contribution in [3.8, 4) is 16.9 Å². The van der Waals surface area contributed by atoms with Crippen LogP contribution in [-0.2, 0) is 9.53 Å². The fourth-order valence-electron chi connectivity index (χ4n) is 3.27. The fraction of sp³-hybridized carbons (Fsp3) is 0.160. The summed E-state index contributed by atoms with van der Waals surface area (Å²) in [7, 11) is 0. The van der Waals surface area contributed by atoms with Gasteiger partial charge in [-0.1, -0.05) is 30.3 Å². The summed E-state index contributed by atoms with van der Waals surface area (Å²) in [5.41, 5.74) is 1.74. The van der Waals surface area contributed by atoms with Crippen LogP contribution >= 0.6 is 11.3 Å². The summed E-state index contributed by atoms with van der Waals surface area (Å²) in [4.78, 5) is 37.0. The van der Waals surface area contributed by atoms with Crippen LogP contribution < -0.4 is 15.7 Å². The van der Waals surface area contributed by atoms with Crippen molar-refractivity contribution in [3.05, 3.63) is 82.0 Å². The van der Waals surface area contributed by atoms with Crippen LogP contribution in [0.4, 0.5) is 5.00 Å². The van der Waals surface area contributed by atoms with Crippen molar-refractivity contribution in [2.24, 2.45) is 0 Å². The molecule has 0 saturated carbocycles. The lowest BCUT2D eigenvalue weighted by Crippen LogP contribution is -2.30. The third-order valence-electron chi connectivity index (χ3n) is 4.87. The minimum absolute atomic E-state index is 0.216. The number of ether oxygens (including phenoxy) is 2. The highest BCUT2D eigenvalue weighted by Crippen LogP contribution is 2.36. The van der Waals surface area contributed by atoms with Gasteiger partial charge in [-0.3, -0.25) is 4.79 Å². The van der Waals surface area contributed by atoms with Gasteiger partial charge in [-0.05, 0) is 37.6 Å². The fourth-order valence-corrected chi connectivity index (χ4v) is 4.23. The zero-order valence-electron chi connectivity index (χ0n) is 18.0. The minimum Gasteiger partial charge on any atom is -0.481 e. The Labute approximate surface area is 193 Å². The molecule has 7 nitrogen and oxygen atoms in total. The van der Waals surface area contributed by atoms with Crippen LogP contribution in [0.3, 0.4) is 0 Å². The number of carbonyl (C=O) groups excluding carboxylic acids is 2. The highest BCUT2D eigenvalue weighted by atomic mass is 32.1. The maximum absolute atomic E-state index is 12.9. The molecular weight excluding hydrogens is 442 g/mol. The molecule has 0 bridgehead atoms. The summed E-state index contributed by atoms with van der Waals surface area (Å²) in [6.45, 7) is 3.54. The van der Waals surface area contributed by atoms with Gasteiger partial charge in [0.25, 0.3) is 5.91 Å². The van der Waals surface area contributed by atoms with Gasteiger partial charge in [0.1, 0.15) is 21.9 Å². The van der Waals surface area contributed by atoms with E-state index in [9.17, 15) is 14.4 Å². The monoisotopic (exact) mass is 463 g/mol. The zero-order valence-corrected chi connectivity index (χ0v) is 18.8. The molecule has 0 saturated heterocycles. The number of hydrogen-bond acceptors (Lipinski definition) is 7. The van der Waals surface area contributed by atoms with Gasteiger partial charge in [0, 0.05) is 28.5 Å². The Hall–Kier alpha value is -3.91. The van der Waals surface area contributed by atoms with Crippen molar-refractivity contribution < 1.29 is 23.5 Å². The number of benzene rings is 2. The number of carbonyl (C=O) groups is 2. The van der Waals surface area contributed by atoms with E-state index >= 15 is 0 Å². The van der Waals surface area contributed by atoms with E-state index in [-0.39, 0.29) is 6.61 Å². The molecule has 2 heterocycles. The molecule has 0 fully saturated rings. The van der Waals surface area contributed by atoms with Crippen molar-refractivity contribution in [2.45, 2.75) is 20.0 Å². The number of fused-ring (bicyclic) bond motifs is 1. The molecule has 4 aromatic rings. The molecule has 1 N–H and O–H groups in total. The normalized spacial score (nSPS) is 11.7. The Kier molecular flexibility index (Phi) is 6.55. The molecule has 2 aromatic heterocycles. The van der Waals surface area contributed by atoms with E-state index in [1.165, 1.54) is 17.4 Å². The third kappa shape index (κ3) is 4.96. The predicted octanol–water partition coefficient (Wildman–Crippen LogP) is 5.10. The molecule has 1 unspecified atom stereocenters. The molecular formula is C25H21NO6S. The van der Waals surface area contributed by atoms with Crippen LogP contribution in [0.25, 0.3) is 22.1 Å². The van der Waals surface area contributed by atoms with Crippen molar-refractivity contribution >= 4 is 39.2 Å². The highest BCUT2D eigenvalue weighted by molar-refractivity contribution is 7.15. The van der Waals surface area contributed by atoms with Crippen molar-refractivity contribution in [3.63, 3.8) is 0 Å². The van der Waals surface area contributed by atoms with Crippen LogP contribution in [0.5, 0.6) is 5.75 Å². The summed E-state index contributed by atoms with van der Waals surface area (Å²) >= 11 is 1.24. The average Bonchev–Trinajstić information content (AvgIpc) is 3.23. The Morgan fingerprint density at radius 2 is 1.85 bits per heavy atom. The highest BCUT2D eigenvalue weighted by Gasteiger charge is 2.25. The molecule has 4 rings (SSSR count). The largest absolute Gasteiger partial charge is 0.481 e. The number of anilines is 1. The molecule has 1 atom stereocenters. The maximum Gasteiger partial charge on any atom is 0.341 e. The number of nitrogens with one attached hydrogen (secondary N) is 1. The van der Waals surface area contributed by atoms with Gasteiger partial charge in [-0.2, -0.15) is 0 Å². The van der Waals surface area contributed by atoms with Gasteiger partial charge >= 0.3 is 11.6 Å². The molecule has 33 heavy (non-hydrogen) atoms. The first-order valence-electron chi connectivity index (χ1n) is 10.3. The van der Waals surface area contributed by atoms with Crippen LogP contribution in [0.2, 0.25) is 0 Å². The Balaban J connectivity index is 1.55. The molecule has 0 spiro atoms. The number of rotatable bonds is 7. The Bertz CT molecular complexity index is 1360. The lowest BCUT2D eigenvalue weighted by Gasteiger charge is -2.15. The predicted molar refractivity (Wildman–Crippen MR) is 127 cm³/mol. The van der Waals surface area contributed by atoms with E-state index in [2.05, 4.69) is 5.32 Å². The number of esters is 1. The second kappa shape index (κ2) is 9.70. The van der Waals surface area contributed by atoms with E-state index in [1.54, 1.807) is 38.1 Å². The number of thiophene rings is 1. The van der Waals surface area contributed by atoms with Gasteiger partial charge in [0.15, 0.2) is 6.10 Å². The standard InChI is InChI=1S/C25H21NO6S/c1-3-30-25(29)22-19(16-7-5-4-6-8-16)14-33-24(22)26-23(28)15(2)31-18-11-9-17-10-12-21(27)32-20(17)13-18/h4-15H,3H2,1-2H3,(H,26,28). The molecule has 8 heteroatoms. The van der Waals surface area contributed by atoms with Crippen molar-refractivity contribution in [1.29, 1.82) is 0 Å². The molecule has 0 radical (unpaired) electrons. The van der Waals surface area contributed by atoms with Crippen LogP contribution in [0.1, 0.15) is 24.2 Å². The quantitative estimate of drug-likeness (QED) is 0.303. The molecule has 1 amide bonds. The van der Waals surface area contributed by atoms with Crippen LogP contribution in [0.15, 0.2) is 75.3 Å². The SMILES string of the molecule is CCOC(=O)c1c(-c2ccccc2)csc1NC(=O)C(C)Oc1ccc2ccc(=O)oc2c1. The second-order valence-electron chi connectivity index (χ2n) is 7.14. The van der Waals surface area contributed by atoms with Gasteiger partial charge in [-0.15, -0.1) is 11.3 Å². The first-order chi connectivity index (χ1) is 16.0. The maximum atomic E-state index is 12.9. The first kappa shape index (κ1) is 22.3. The second-order valence-corrected chi connectivity index (χ2v) is 8.02.